The highest BCUT2D eigenvalue weighted by atomic mass is 32.2. The third kappa shape index (κ3) is 4.05. The topological polar surface area (TPSA) is 67.2 Å². The van der Waals surface area contributed by atoms with Crippen LogP contribution in [-0.4, -0.2) is 33.1 Å². The summed E-state index contributed by atoms with van der Waals surface area (Å²) in [4.78, 5) is 12.6. The van der Waals surface area contributed by atoms with Gasteiger partial charge in [-0.05, 0) is 18.4 Å². The zero-order valence-corrected chi connectivity index (χ0v) is 13.5. The van der Waals surface area contributed by atoms with Gasteiger partial charge < -0.3 is 10.4 Å². The predicted octanol–water partition coefficient (Wildman–Crippen LogP) is 2.43. The van der Waals surface area contributed by atoms with Crippen molar-refractivity contribution in [3.05, 3.63) is 34.3 Å². The Morgan fingerprint density at radius 2 is 2.36 bits per heavy atom. The van der Waals surface area contributed by atoms with Gasteiger partial charge in [-0.25, -0.2) is 0 Å². The number of hydrogen-bond acceptors (Lipinski definition) is 5. The Balaban J connectivity index is 2.02. The van der Waals surface area contributed by atoms with Gasteiger partial charge >= 0.3 is 0 Å². The summed E-state index contributed by atoms with van der Waals surface area (Å²) in [7, 11) is 1.72. The first-order chi connectivity index (χ1) is 10.3. The van der Waals surface area contributed by atoms with E-state index in [-0.39, 0.29) is 16.3 Å². The van der Waals surface area contributed by atoms with E-state index in [9.17, 15) is 18.7 Å². The number of rotatable bonds is 6. The summed E-state index contributed by atoms with van der Waals surface area (Å²) in [5, 5.41) is 18.5. The molecule has 0 saturated heterocycles. The molecule has 1 amide bonds. The molecule has 2 rings (SSSR count). The highest BCUT2D eigenvalue weighted by Gasteiger charge is 2.26. The van der Waals surface area contributed by atoms with Gasteiger partial charge in [0.15, 0.2) is 0 Å². The first-order valence-corrected chi connectivity index (χ1v) is 8.07. The molecule has 0 aliphatic rings. The lowest BCUT2D eigenvalue weighted by atomic mass is 10.00. The lowest BCUT2D eigenvalue weighted by molar-refractivity contribution is 0.0526. The number of nitrogens with zero attached hydrogens (tertiary/aromatic N) is 2. The van der Waals surface area contributed by atoms with E-state index in [1.807, 2.05) is 0 Å². The molecule has 0 saturated carbocycles. The highest BCUT2D eigenvalue weighted by molar-refractivity contribution is 7.99. The minimum atomic E-state index is -2.58. The summed E-state index contributed by atoms with van der Waals surface area (Å²) in [6.07, 6.45) is 3.16. The molecule has 0 radical (unpaired) electrons. The maximum Gasteiger partial charge on any atom is 0.288 e. The fourth-order valence-electron chi connectivity index (χ4n) is 1.79. The summed E-state index contributed by atoms with van der Waals surface area (Å²) in [6.45, 7) is 1.50. The standard InChI is InChI=1S/C13H15F2N3O2S2/c1-13(20,8-5-17-18(2)6-8)7-16-11(19)10-9(3-4-21-10)22-12(14)15/h3-6,12,20H,7H2,1-2H3,(H,16,19). The number of aliphatic hydroxyl groups is 1. The largest absolute Gasteiger partial charge is 0.383 e. The molecule has 2 aromatic rings. The van der Waals surface area contributed by atoms with Gasteiger partial charge in [0.1, 0.15) is 10.5 Å². The second-order valence-electron chi connectivity index (χ2n) is 4.85. The summed E-state index contributed by atoms with van der Waals surface area (Å²) in [6, 6.07) is 1.48. The molecule has 120 valence electrons. The Morgan fingerprint density at radius 1 is 1.64 bits per heavy atom. The number of amides is 1. The number of halogens is 2. The maximum absolute atomic E-state index is 12.4. The van der Waals surface area contributed by atoms with E-state index in [2.05, 4.69) is 10.4 Å². The highest BCUT2D eigenvalue weighted by Crippen LogP contribution is 2.32. The maximum atomic E-state index is 12.4. The number of hydrogen-bond donors (Lipinski definition) is 2. The summed E-state index contributed by atoms with van der Waals surface area (Å²) in [5.74, 6) is -3.07. The number of alkyl halides is 2. The Morgan fingerprint density at radius 3 is 2.95 bits per heavy atom. The zero-order valence-electron chi connectivity index (χ0n) is 11.9. The molecule has 2 N–H and O–H groups in total. The number of thiophene rings is 1. The van der Waals surface area contributed by atoms with Crippen LogP contribution < -0.4 is 5.32 Å². The lowest BCUT2D eigenvalue weighted by Gasteiger charge is -2.22. The molecule has 0 aliphatic carbocycles. The van der Waals surface area contributed by atoms with Crippen LogP contribution in [0.3, 0.4) is 0 Å². The average Bonchev–Trinajstić information content (AvgIpc) is 3.05. The van der Waals surface area contributed by atoms with Crippen molar-refractivity contribution >= 4 is 29.0 Å². The van der Waals surface area contributed by atoms with Gasteiger partial charge in [-0.2, -0.15) is 13.9 Å². The molecular formula is C13H15F2N3O2S2. The van der Waals surface area contributed by atoms with Gasteiger partial charge in [-0.1, -0.05) is 11.8 Å². The van der Waals surface area contributed by atoms with Gasteiger partial charge in [0.2, 0.25) is 0 Å². The number of aryl methyl sites for hydroxylation is 1. The predicted molar refractivity (Wildman–Crippen MR) is 81.3 cm³/mol. The molecule has 0 aliphatic heterocycles. The molecular weight excluding hydrogens is 332 g/mol. The number of thioether (sulfide) groups is 1. The normalized spacial score (nSPS) is 14.1. The molecule has 9 heteroatoms. The van der Waals surface area contributed by atoms with Crippen molar-refractivity contribution in [2.45, 2.75) is 23.2 Å². The van der Waals surface area contributed by atoms with Crippen molar-refractivity contribution < 1.29 is 18.7 Å². The molecule has 5 nitrogen and oxygen atoms in total. The molecule has 0 spiro atoms. The third-order valence-electron chi connectivity index (χ3n) is 2.97. The van der Waals surface area contributed by atoms with Crippen LogP contribution in [0.1, 0.15) is 22.2 Å². The molecule has 2 heterocycles. The smallest absolute Gasteiger partial charge is 0.288 e. The van der Waals surface area contributed by atoms with Gasteiger partial charge in [0, 0.05) is 23.7 Å². The average molecular weight is 347 g/mol. The van der Waals surface area contributed by atoms with Crippen LogP contribution in [0.25, 0.3) is 0 Å². The van der Waals surface area contributed by atoms with Crippen LogP contribution in [0.2, 0.25) is 0 Å². The van der Waals surface area contributed by atoms with Gasteiger partial charge in [0.05, 0.1) is 12.7 Å². The number of aromatic nitrogens is 2. The van der Waals surface area contributed by atoms with Crippen molar-refractivity contribution in [1.82, 2.24) is 15.1 Å². The molecule has 1 atom stereocenters. The lowest BCUT2D eigenvalue weighted by Crippen LogP contribution is -2.38. The molecule has 0 bridgehead atoms. The monoisotopic (exact) mass is 347 g/mol. The number of carbonyl (C=O) groups excluding carboxylic acids is 1. The zero-order chi connectivity index (χ0) is 16.3. The van der Waals surface area contributed by atoms with E-state index in [1.165, 1.54) is 12.3 Å². The van der Waals surface area contributed by atoms with Crippen LogP contribution in [0, 0.1) is 0 Å². The molecule has 22 heavy (non-hydrogen) atoms. The quantitative estimate of drug-likeness (QED) is 0.788. The van der Waals surface area contributed by atoms with Crippen molar-refractivity contribution in [1.29, 1.82) is 0 Å². The minimum Gasteiger partial charge on any atom is -0.383 e. The Hall–Kier alpha value is -1.45. The van der Waals surface area contributed by atoms with Crippen molar-refractivity contribution in [3.63, 3.8) is 0 Å². The molecule has 0 aromatic carbocycles. The first kappa shape index (κ1) is 16.9. The van der Waals surface area contributed by atoms with Crippen molar-refractivity contribution in [2.75, 3.05) is 6.54 Å². The summed E-state index contributed by atoms with van der Waals surface area (Å²) >= 11 is 1.42. The number of carbonyl (C=O) groups is 1. The van der Waals surface area contributed by atoms with Gasteiger partial charge in [0.25, 0.3) is 11.7 Å². The molecule has 2 aromatic heterocycles. The SMILES string of the molecule is Cn1cc(C(C)(O)CNC(=O)c2sccc2SC(F)F)cn1. The van der Waals surface area contributed by atoms with Crippen LogP contribution in [0.15, 0.2) is 28.7 Å². The molecule has 0 fully saturated rings. The van der Waals surface area contributed by atoms with Crippen LogP contribution in [0.5, 0.6) is 0 Å². The van der Waals surface area contributed by atoms with Crippen molar-refractivity contribution in [2.24, 2.45) is 7.05 Å². The summed E-state index contributed by atoms with van der Waals surface area (Å²) < 4.78 is 26.4. The first-order valence-electron chi connectivity index (χ1n) is 6.31. The van der Waals surface area contributed by atoms with Gasteiger partial charge in [-0.3, -0.25) is 9.48 Å². The van der Waals surface area contributed by atoms with E-state index in [4.69, 9.17) is 0 Å². The Bertz CT molecular complexity index is 655. The minimum absolute atomic E-state index is 0.0474. The van der Waals surface area contributed by atoms with E-state index in [0.717, 1.165) is 11.3 Å². The van der Waals surface area contributed by atoms with E-state index < -0.39 is 17.3 Å². The van der Waals surface area contributed by atoms with E-state index in [0.29, 0.717) is 17.3 Å². The third-order valence-corrected chi connectivity index (χ3v) is 4.79. The second kappa shape index (κ2) is 6.76. The van der Waals surface area contributed by atoms with E-state index in [1.54, 1.807) is 30.2 Å². The Kier molecular flexibility index (Phi) is 5.20. The van der Waals surface area contributed by atoms with Crippen LogP contribution in [-0.2, 0) is 12.6 Å². The summed E-state index contributed by atoms with van der Waals surface area (Å²) in [5.41, 5.74) is -0.736. The Labute approximate surface area is 134 Å². The second-order valence-corrected chi connectivity index (χ2v) is 6.80. The fraction of sp³-hybridized carbons (Fsp3) is 0.385. The van der Waals surface area contributed by atoms with Gasteiger partial charge in [-0.15, -0.1) is 11.3 Å². The number of nitrogens with one attached hydrogen (secondary N) is 1. The molecule has 1 unspecified atom stereocenters. The van der Waals surface area contributed by atoms with E-state index >= 15 is 0 Å². The van der Waals surface area contributed by atoms with Crippen molar-refractivity contribution in [3.8, 4) is 0 Å². The fourth-order valence-corrected chi connectivity index (χ4v) is 3.40. The van der Waals surface area contributed by atoms with Crippen LogP contribution in [0.4, 0.5) is 8.78 Å². The van der Waals surface area contributed by atoms with Crippen LogP contribution >= 0.6 is 23.1 Å².